The molecular weight excluding hydrogens is 352 g/mol. The molecule has 1 amide bonds. The van der Waals surface area contributed by atoms with E-state index in [0.717, 1.165) is 16.5 Å². The van der Waals surface area contributed by atoms with Crippen LogP contribution in [0.5, 0.6) is 5.75 Å². The highest BCUT2D eigenvalue weighted by Crippen LogP contribution is 2.23. The summed E-state index contributed by atoms with van der Waals surface area (Å²) in [4.78, 5) is 24.3. The lowest BCUT2D eigenvalue weighted by Crippen LogP contribution is -2.29. The summed E-state index contributed by atoms with van der Waals surface area (Å²) in [6.07, 6.45) is 0. The highest BCUT2D eigenvalue weighted by atomic mass is 35.5. The van der Waals surface area contributed by atoms with E-state index in [1.165, 1.54) is 6.07 Å². The lowest BCUT2D eigenvalue weighted by molar-refractivity contribution is -0.123. The molecule has 0 aliphatic rings. The second-order valence-corrected chi connectivity index (χ2v) is 6.24. The van der Waals surface area contributed by atoms with Gasteiger partial charge in [0, 0.05) is 29.6 Å². The zero-order valence-electron chi connectivity index (χ0n) is 14.4. The van der Waals surface area contributed by atoms with Crippen LogP contribution in [0.15, 0.2) is 59.4 Å². The molecule has 0 spiro atoms. The molecule has 0 saturated heterocycles. The van der Waals surface area contributed by atoms with Gasteiger partial charge in [-0.3, -0.25) is 9.59 Å². The summed E-state index contributed by atoms with van der Waals surface area (Å²) in [5, 5.41) is 4.24. The summed E-state index contributed by atoms with van der Waals surface area (Å²) in [5.41, 5.74) is 1.58. The Kier molecular flexibility index (Phi) is 5.58. The van der Waals surface area contributed by atoms with Crippen LogP contribution in [0, 0.1) is 0 Å². The zero-order chi connectivity index (χ0) is 18.5. The van der Waals surface area contributed by atoms with Gasteiger partial charge in [-0.1, -0.05) is 35.9 Å². The predicted molar refractivity (Wildman–Crippen MR) is 103 cm³/mol. The molecule has 26 heavy (non-hydrogen) atoms. The summed E-state index contributed by atoms with van der Waals surface area (Å²) in [6, 6.07) is 16.2. The van der Waals surface area contributed by atoms with Gasteiger partial charge in [0.2, 0.25) is 0 Å². The number of aromatic nitrogens is 1. The number of pyridine rings is 1. The number of para-hydroxylation sites is 1. The molecule has 0 bridgehead atoms. The van der Waals surface area contributed by atoms with Crippen molar-refractivity contribution in [3.05, 3.63) is 75.5 Å². The largest absolute Gasteiger partial charge is 0.483 e. The number of ether oxygens (including phenoxy) is 1. The number of rotatable bonds is 6. The van der Waals surface area contributed by atoms with Crippen LogP contribution in [0.2, 0.25) is 5.02 Å². The molecule has 1 aromatic heterocycles. The third-order valence-electron chi connectivity index (χ3n) is 4.06. The van der Waals surface area contributed by atoms with Gasteiger partial charge in [-0.25, -0.2) is 0 Å². The van der Waals surface area contributed by atoms with Gasteiger partial charge < -0.3 is 14.6 Å². The number of hydrogen-bond donors (Lipinski definition) is 1. The Morgan fingerprint density at radius 1 is 1.15 bits per heavy atom. The van der Waals surface area contributed by atoms with Crippen molar-refractivity contribution in [3.8, 4) is 5.75 Å². The molecule has 1 N–H and O–H groups in total. The third-order valence-corrected chi connectivity index (χ3v) is 4.31. The first-order valence-corrected chi connectivity index (χ1v) is 8.73. The van der Waals surface area contributed by atoms with E-state index < -0.39 is 0 Å². The predicted octanol–water partition coefficient (Wildman–Crippen LogP) is 3.37. The van der Waals surface area contributed by atoms with Crippen LogP contribution in [0.4, 0.5) is 0 Å². The fourth-order valence-corrected chi connectivity index (χ4v) is 2.87. The second kappa shape index (κ2) is 8.06. The minimum Gasteiger partial charge on any atom is -0.483 e. The van der Waals surface area contributed by atoms with Crippen LogP contribution in [-0.2, 0) is 17.9 Å². The van der Waals surface area contributed by atoms with Crippen LogP contribution < -0.4 is 15.6 Å². The molecule has 0 saturated carbocycles. The molecule has 134 valence electrons. The first kappa shape index (κ1) is 18.0. The maximum Gasteiger partial charge on any atom is 0.258 e. The molecule has 0 aliphatic carbocycles. The Morgan fingerprint density at radius 3 is 2.62 bits per heavy atom. The Labute approximate surface area is 156 Å². The number of nitrogens with zero attached hydrogens (tertiary/aromatic N) is 1. The van der Waals surface area contributed by atoms with Crippen molar-refractivity contribution in [2.75, 3.05) is 6.61 Å². The Bertz CT molecular complexity index is 981. The molecule has 1 heterocycles. The first-order valence-electron chi connectivity index (χ1n) is 8.35. The van der Waals surface area contributed by atoms with Crippen molar-refractivity contribution in [1.29, 1.82) is 0 Å². The van der Waals surface area contributed by atoms with Crippen LogP contribution in [-0.4, -0.2) is 17.1 Å². The maximum atomic E-state index is 12.2. The SMILES string of the molecule is CCn1c(=O)cc(OCC(=O)NCc2ccc(Cl)cc2)c2ccccc21. The molecule has 0 radical (unpaired) electrons. The lowest BCUT2D eigenvalue weighted by Gasteiger charge is -2.13. The fraction of sp³-hybridized carbons (Fsp3) is 0.200. The smallest absolute Gasteiger partial charge is 0.258 e. The van der Waals surface area contributed by atoms with Gasteiger partial charge in [0.1, 0.15) is 5.75 Å². The van der Waals surface area contributed by atoms with E-state index >= 15 is 0 Å². The van der Waals surface area contributed by atoms with Crippen LogP contribution >= 0.6 is 11.6 Å². The summed E-state index contributed by atoms with van der Waals surface area (Å²) < 4.78 is 7.29. The average Bonchev–Trinajstić information content (AvgIpc) is 2.65. The van der Waals surface area contributed by atoms with Gasteiger partial charge in [0.05, 0.1) is 5.52 Å². The van der Waals surface area contributed by atoms with Crippen LogP contribution in [0.25, 0.3) is 10.9 Å². The standard InChI is InChI=1S/C20H19ClN2O3/c1-2-23-17-6-4-3-5-16(17)18(11-20(23)25)26-13-19(24)22-12-14-7-9-15(21)10-8-14/h3-11H,2,12-13H2,1H3,(H,22,24). The van der Waals surface area contributed by atoms with E-state index in [4.69, 9.17) is 16.3 Å². The topological polar surface area (TPSA) is 60.3 Å². The normalized spacial score (nSPS) is 10.7. The van der Waals surface area contributed by atoms with Gasteiger partial charge in [0.15, 0.2) is 6.61 Å². The number of halogens is 1. The van der Waals surface area contributed by atoms with E-state index in [1.54, 1.807) is 16.7 Å². The van der Waals surface area contributed by atoms with E-state index in [2.05, 4.69) is 5.32 Å². The molecule has 0 unspecified atom stereocenters. The van der Waals surface area contributed by atoms with Gasteiger partial charge in [-0.2, -0.15) is 0 Å². The van der Waals surface area contributed by atoms with Gasteiger partial charge >= 0.3 is 0 Å². The third kappa shape index (κ3) is 4.06. The van der Waals surface area contributed by atoms with E-state index in [1.807, 2.05) is 43.3 Å². The number of fused-ring (bicyclic) bond motifs is 1. The van der Waals surface area contributed by atoms with Crippen molar-refractivity contribution < 1.29 is 9.53 Å². The van der Waals surface area contributed by atoms with Crippen molar-refractivity contribution in [2.24, 2.45) is 0 Å². The minimum atomic E-state index is -0.260. The molecule has 0 fully saturated rings. The average molecular weight is 371 g/mol. The number of nitrogens with one attached hydrogen (secondary N) is 1. The number of carbonyl (C=O) groups is 1. The summed E-state index contributed by atoms with van der Waals surface area (Å²) in [5.74, 6) is 0.153. The molecule has 3 aromatic rings. The van der Waals surface area contributed by atoms with Crippen molar-refractivity contribution in [2.45, 2.75) is 20.0 Å². The number of carbonyl (C=O) groups excluding carboxylic acids is 1. The van der Waals surface area contributed by atoms with Crippen molar-refractivity contribution in [3.63, 3.8) is 0 Å². The number of amides is 1. The molecule has 5 nitrogen and oxygen atoms in total. The van der Waals surface area contributed by atoms with E-state index in [9.17, 15) is 9.59 Å². The Morgan fingerprint density at radius 2 is 1.88 bits per heavy atom. The summed E-state index contributed by atoms with van der Waals surface area (Å²) >= 11 is 5.84. The Balaban J connectivity index is 1.68. The first-order chi connectivity index (χ1) is 12.6. The Hall–Kier alpha value is -2.79. The molecule has 0 atom stereocenters. The van der Waals surface area contributed by atoms with E-state index in [0.29, 0.717) is 23.9 Å². The van der Waals surface area contributed by atoms with Crippen molar-refractivity contribution >= 4 is 28.4 Å². The summed E-state index contributed by atoms with van der Waals surface area (Å²) in [6.45, 7) is 2.71. The van der Waals surface area contributed by atoms with Crippen LogP contribution in [0.1, 0.15) is 12.5 Å². The number of benzene rings is 2. The monoisotopic (exact) mass is 370 g/mol. The van der Waals surface area contributed by atoms with Crippen molar-refractivity contribution in [1.82, 2.24) is 9.88 Å². The number of hydrogen-bond acceptors (Lipinski definition) is 3. The van der Waals surface area contributed by atoms with Gasteiger partial charge in [-0.05, 0) is 36.8 Å². The molecule has 6 heteroatoms. The maximum absolute atomic E-state index is 12.2. The minimum absolute atomic E-state index is 0.150. The summed E-state index contributed by atoms with van der Waals surface area (Å²) in [7, 11) is 0. The lowest BCUT2D eigenvalue weighted by atomic mass is 10.2. The molecular formula is C20H19ClN2O3. The fourth-order valence-electron chi connectivity index (χ4n) is 2.75. The molecule has 2 aromatic carbocycles. The molecule has 3 rings (SSSR count). The van der Waals surface area contributed by atoms with Crippen LogP contribution in [0.3, 0.4) is 0 Å². The van der Waals surface area contributed by atoms with E-state index in [-0.39, 0.29) is 18.1 Å². The highest BCUT2D eigenvalue weighted by molar-refractivity contribution is 6.30. The second-order valence-electron chi connectivity index (χ2n) is 5.80. The quantitative estimate of drug-likeness (QED) is 0.723. The molecule has 0 aliphatic heterocycles. The number of aryl methyl sites for hydroxylation is 1. The van der Waals surface area contributed by atoms with Gasteiger partial charge in [-0.15, -0.1) is 0 Å². The highest BCUT2D eigenvalue weighted by Gasteiger charge is 2.10. The van der Waals surface area contributed by atoms with Gasteiger partial charge in [0.25, 0.3) is 11.5 Å². The zero-order valence-corrected chi connectivity index (χ0v) is 15.1.